The van der Waals surface area contributed by atoms with E-state index in [1.165, 1.54) is 12.1 Å². The highest BCUT2D eigenvalue weighted by atomic mass is 35.5. The lowest BCUT2D eigenvalue weighted by Crippen LogP contribution is -2.13. The van der Waals surface area contributed by atoms with E-state index in [0.717, 1.165) is 28.3 Å². The van der Waals surface area contributed by atoms with Gasteiger partial charge >= 0.3 is 5.97 Å². The molecule has 0 atom stereocenters. The third-order valence-corrected chi connectivity index (χ3v) is 3.77. The molecule has 0 saturated carbocycles. The number of amides is 1. The van der Waals surface area contributed by atoms with Gasteiger partial charge in [0, 0.05) is 4.88 Å². The Bertz CT molecular complexity index is 699. The second-order valence-electron chi connectivity index (χ2n) is 3.98. The maximum Gasteiger partial charge on any atom is 0.338 e. The van der Waals surface area contributed by atoms with Crippen molar-refractivity contribution < 1.29 is 19.1 Å². The SMILES string of the molecule is Cc1cc(C(=O)O)c(NC(=O)c2ccc(F)cc2Cl)s1. The molecule has 0 aliphatic heterocycles. The molecule has 1 aromatic carbocycles. The van der Waals surface area contributed by atoms with Gasteiger partial charge in [0.1, 0.15) is 10.8 Å². The number of nitrogens with one attached hydrogen (secondary N) is 1. The molecule has 2 N–H and O–H groups in total. The molecule has 0 saturated heterocycles. The Labute approximate surface area is 122 Å². The number of aromatic carboxylic acids is 1. The van der Waals surface area contributed by atoms with Crippen LogP contribution < -0.4 is 5.32 Å². The maximum atomic E-state index is 12.9. The number of benzene rings is 1. The van der Waals surface area contributed by atoms with Crippen LogP contribution in [0.5, 0.6) is 0 Å². The molecule has 1 heterocycles. The fourth-order valence-electron chi connectivity index (χ4n) is 1.61. The van der Waals surface area contributed by atoms with Gasteiger partial charge in [0.15, 0.2) is 0 Å². The molecule has 104 valence electrons. The lowest BCUT2D eigenvalue weighted by molar-refractivity contribution is 0.0698. The zero-order chi connectivity index (χ0) is 14.9. The number of halogens is 2. The average molecular weight is 314 g/mol. The molecule has 0 unspecified atom stereocenters. The van der Waals surface area contributed by atoms with Crippen LogP contribution in [0.4, 0.5) is 9.39 Å². The molecule has 0 aliphatic rings. The fourth-order valence-corrected chi connectivity index (χ4v) is 2.76. The van der Waals surface area contributed by atoms with Gasteiger partial charge in [0.25, 0.3) is 5.91 Å². The van der Waals surface area contributed by atoms with Gasteiger partial charge in [-0.1, -0.05) is 11.6 Å². The highest BCUT2D eigenvalue weighted by Gasteiger charge is 2.18. The summed E-state index contributed by atoms with van der Waals surface area (Å²) in [5.74, 6) is -2.26. The van der Waals surface area contributed by atoms with E-state index in [9.17, 15) is 14.0 Å². The summed E-state index contributed by atoms with van der Waals surface area (Å²) in [7, 11) is 0. The quantitative estimate of drug-likeness (QED) is 0.905. The van der Waals surface area contributed by atoms with Crippen molar-refractivity contribution in [3.8, 4) is 0 Å². The predicted molar refractivity (Wildman–Crippen MR) is 75.4 cm³/mol. The normalized spacial score (nSPS) is 10.3. The Balaban J connectivity index is 2.30. The molecule has 2 rings (SSSR count). The van der Waals surface area contributed by atoms with E-state index in [1.54, 1.807) is 6.92 Å². The molecule has 0 fully saturated rings. The smallest absolute Gasteiger partial charge is 0.338 e. The minimum absolute atomic E-state index is 0.0130. The molecular formula is C13H9ClFNO3S. The highest BCUT2D eigenvalue weighted by Crippen LogP contribution is 2.28. The number of carboxylic acid groups (broad SMARTS) is 1. The van der Waals surface area contributed by atoms with Crippen molar-refractivity contribution in [3.63, 3.8) is 0 Å². The van der Waals surface area contributed by atoms with Crippen LogP contribution in [-0.2, 0) is 0 Å². The number of carbonyl (C=O) groups is 2. The van der Waals surface area contributed by atoms with E-state index in [1.807, 2.05) is 0 Å². The molecule has 1 amide bonds. The Hall–Kier alpha value is -1.92. The molecule has 20 heavy (non-hydrogen) atoms. The maximum absolute atomic E-state index is 12.9. The summed E-state index contributed by atoms with van der Waals surface area (Å²) in [4.78, 5) is 23.8. The van der Waals surface area contributed by atoms with Gasteiger partial charge < -0.3 is 10.4 Å². The van der Waals surface area contributed by atoms with Crippen LogP contribution in [0.2, 0.25) is 5.02 Å². The van der Waals surface area contributed by atoms with E-state index < -0.39 is 17.7 Å². The van der Waals surface area contributed by atoms with Crippen molar-refractivity contribution in [2.75, 3.05) is 5.32 Å². The zero-order valence-electron chi connectivity index (χ0n) is 10.2. The molecule has 2 aromatic rings. The summed E-state index contributed by atoms with van der Waals surface area (Å²) in [5.41, 5.74) is 0.0922. The van der Waals surface area contributed by atoms with Crippen LogP contribution in [-0.4, -0.2) is 17.0 Å². The average Bonchev–Trinajstić information content (AvgIpc) is 2.70. The van der Waals surface area contributed by atoms with E-state index in [-0.39, 0.29) is 21.2 Å². The van der Waals surface area contributed by atoms with Crippen molar-refractivity contribution in [1.29, 1.82) is 0 Å². The molecule has 0 bridgehead atoms. The third kappa shape index (κ3) is 2.97. The highest BCUT2D eigenvalue weighted by molar-refractivity contribution is 7.16. The van der Waals surface area contributed by atoms with Crippen molar-refractivity contribution in [2.45, 2.75) is 6.92 Å². The third-order valence-electron chi connectivity index (χ3n) is 2.49. The predicted octanol–water partition coefficient (Wildman–Crippen LogP) is 3.80. The van der Waals surface area contributed by atoms with Crippen LogP contribution >= 0.6 is 22.9 Å². The number of carbonyl (C=O) groups excluding carboxylic acids is 1. The Morgan fingerprint density at radius 2 is 2.00 bits per heavy atom. The molecule has 7 heteroatoms. The molecular weight excluding hydrogens is 305 g/mol. The first-order chi connectivity index (χ1) is 9.38. The summed E-state index contributed by atoms with van der Waals surface area (Å²) >= 11 is 6.93. The van der Waals surface area contributed by atoms with Crippen molar-refractivity contribution in [3.05, 3.63) is 51.1 Å². The van der Waals surface area contributed by atoms with Gasteiger partial charge in [-0.2, -0.15) is 0 Å². The minimum Gasteiger partial charge on any atom is -0.478 e. The van der Waals surface area contributed by atoms with Gasteiger partial charge in [0.05, 0.1) is 16.1 Å². The summed E-state index contributed by atoms with van der Waals surface area (Å²) in [5, 5.41) is 11.7. The fraction of sp³-hybridized carbons (Fsp3) is 0.0769. The molecule has 0 radical (unpaired) electrons. The molecule has 0 spiro atoms. The van der Waals surface area contributed by atoms with Crippen LogP contribution in [0.25, 0.3) is 0 Å². The van der Waals surface area contributed by atoms with Gasteiger partial charge in [-0.15, -0.1) is 11.3 Å². The first kappa shape index (κ1) is 14.5. The van der Waals surface area contributed by atoms with Crippen molar-refractivity contribution >= 4 is 39.8 Å². The largest absolute Gasteiger partial charge is 0.478 e. The second kappa shape index (κ2) is 5.60. The number of thiophene rings is 1. The second-order valence-corrected chi connectivity index (χ2v) is 5.65. The van der Waals surface area contributed by atoms with Gasteiger partial charge in [-0.25, -0.2) is 9.18 Å². The number of carboxylic acids is 1. The van der Waals surface area contributed by atoms with Crippen LogP contribution in [0.15, 0.2) is 24.3 Å². The number of anilines is 1. The van der Waals surface area contributed by atoms with Crippen LogP contribution in [0, 0.1) is 12.7 Å². The first-order valence-corrected chi connectivity index (χ1v) is 6.68. The summed E-state index contributed by atoms with van der Waals surface area (Å²) in [6, 6.07) is 4.84. The van der Waals surface area contributed by atoms with Gasteiger partial charge in [0.2, 0.25) is 0 Å². The van der Waals surface area contributed by atoms with E-state index in [2.05, 4.69) is 5.32 Å². The Kier molecular flexibility index (Phi) is 4.06. The topological polar surface area (TPSA) is 66.4 Å². The summed E-state index contributed by atoms with van der Waals surface area (Å²) in [6.07, 6.45) is 0. The summed E-state index contributed by atoms with van der Waals surface area (Å²) in [6.45, 7) is 1.73. The monoisotopic (exact) mass is 313 g/mol. The van der Waals surface area contributed by atoms with Crippen molar-refractivity contribution in [1.82, 2.24) is 0 Å². The lowest BCUT2D eigenvalue weighted by atomic mass is 10.2. The van der Waals surface area contributed by atoms with Crippen LogP contribution in [0.3, 0.4) is 0 Å². The van der Waals surface area contributed by atoms with Crippen molar-refractivity contribution in [2.24, 2.45) is 0 Å². The molecule has 1 aromatic heterocycles. The van der Waals surface area contributed by atoms with E-state index in [0.29, 0.717) is 0 Å². The Morgan fingerprint density at radius 1 is 1.30 bits per heavy atom. The van der Waals surface area contributed by atoms with E-state index in [4.69, 9.17) is 16.7 Å². The minimum atomic E-state index is -1.13. The summed E-state index contributed by atoms with van der Waals surface area (Å²) < 4.78 is 12.9. The molecule has 0 aliphatic carbocycles. The number of rotatable bonds is 3. The lowest BCUT2D eigenvalue weighted by Gasteiger charge is -2.06. The van der Waals surface area contributed by atoms with Gasteiger partial charge in [-0.05, 0) is 31.2 Å². The molecule has 4 nitrogen and oxygen atoms in total. The number of hydrogen-bond donors (Lipinski definition) is 2. The first-order valence-electron chi connectivity index (χ1n) is 5.48. The van der Waals surface area contributed by atoms with Crippen LogP contribution in [0.1, 0.15) is 25.6 Å². The zero-order valence-corrected chi connectivity index (χ0v) is 11.8. The van der Waals surface area contributed by atoms with Gasteiger partial charge in [-0.3, -0.25) is 4.79 Å². The van der Waals surface area contributed by atoms with E-state index >= 15 is 0 Å². The Morgan fingerprint density at radius 3 is 2.60 bits per heavy atom. The standard InChI is InChI=1S/C13H9ClFNO3S/c1-6-4-9(13(18)19)12(20-6)16-11(17)8-3-2-7(15)5-10(8)14/h2-5H,1H3,(H,16,17)(H,18,19). The number of aryl methyl sites for hydroxylation is 1. The number of hydrogen-bond acceptors (Lipinski definition) is 3.